The number of hydrogen-bond acceptors (Lipinski definition) is 4. The first-order valence-corrected chi connectivity index (χ1v) is 5.48. The summed E-state index contributed by atoms with van der Waals surface area (Å²) in [6.07, 6.45) is 2.15. The molecule has 5 nitrogen and oxygen atoms in total. The lowest BCUT2D eigenvalue weighted by Crippen LogP contribution is -2.35. The van der Waals surface area contributed by atoms with Gasteiger partial charge >= 0.3 is 0 Å². The van der Waals surface area contributed by atoms with Crippen LogP contribution in [0.3, 0.4) is 0 Å². The van der Waals surface area contributed by atoms with E-state index >= 15 is 0 Å². The molecular weight excluding hydrogens is 204 g/mol. The molecule has 0 bridgehead atoms. The molecule has 2 N–H and O–H groups in total. The Bertz CT molecular complexity index is 362. The fourth-order valence-corrected chi connectivity index (χ4v) is 1.58. The fourth-order valence-electron chi connectivity index (χ4n) is 1.58. The zero-order chi connectivity index (χ0) is 12.3. The van der Waals surface area contributed by atoms with Crippen molar-refractivity contribution in [2.24, 2.45) is 5.73 Å². The average molecular weight is 224 g/mol. The number of nitrogens with two attached hydrogens (primary N) is 1. The van der Waals surface area contributed by atoms with Crippen molar-refractivity contribution in [2.45, 2.75) is 52.1 Å². The number of nitrogens with zero attached hydrogens (tertiary/aromatic N) is 3. The van der Waals surface area contributed by atoms with E-state index in [1.807, 2.05) is 27.7 Å². The van der Waals surface area contributed by atoms with E-state index in [2.05, 4.69) is 10.1 Å². The number of Topliss-reactive ketones (excluding diaryl/α,β-unsaturated/α-hetero) is 1. The molecule has 0 atom stereocenters. The van der Waals surface area contributed by atoms with Crippen molar-refractivity contribution in [2.75, 3.05) is 0 Å². The highest BCUT2D eigenvalue weighted by Crippen LogP contribution is 2.10. The number of carbonyl (C=O) groups is 1. The van der Waals surface area contributed by atoms with Crippen LogP contribution < -0.4 is 5.73 Å². The number of carbonyl (C=O) groups excluding carboxylic acids is 1. The molecule has 1 heterocycles. The lowest BCUT2D eigenvalue weighted by atomic mass is 9.98. The summed E-state index contributed by atoms with van der Waals surface area (Å²) in [6, 6.07) is 0.219. The number of ketones is 1. The van der Waals surface area contributed by atoms with Crippen molar-refractivity contribution in [1.29, 1.82) is 0 Å². The summed E-state index contributed by atoms with van der Waals surface area (Å²) in [7, 11) is 0. The minimum Gasteiger partial charge on any atom is -0.325 e. The van der Waals surface area contributed by atoms with Crippen molar-refractivity contribution in [3.05, 3.63) is 12.2 Å². The van der Waals surface area contributed by atoms with Gasteiger partial charge in [0, 0.05) is 18.0 Å². The molecule has 16 heavy (non-hydrogen) atoms. The molecule has 1 aromatic heterocycles. The Labute approximate surface area is 96.0 Å². The maximum atomic E-state index is 11.7. The maximum absolute atomic E-state index is 11.7. The van der Waals surface area contributed by atoms with Crippen LogP contribution in [0.25, 0.3) is 0 Å². The van der Waals surface area contributed by atoms with Crippen LogP contribution in [0.2, 0.25) is 0 Å². The monoisotopic (exact) mass is 224 g/mol. The molecule has 0 unspecified atom stereocenters. The van der Waals surface area contributed by atoms with Gasteiger partial charge in [0.05, 0.1) is 6.42 Å². The van der Waals surface area contributed by atoms with Gasteiger partial charge < -0.3 is 5.73 Å². The second kappa shape index (κ2) is 4.74. The van der Waals surface area contributed by atoms with Gasteiger partial charge in [-0.3, -0.25) is 4.79 Å². The van der Waals surface area contributed by atoms with Crippen molar-refractivity contribution < 1.29 is 4.79 Å². The van der Waals surface area contributed by atoms with Gasteiger partial charge in [0.15, 0.2) is 0 Å². The van der Waals surface area contributed by atoms with Gasteiger partial charge in [0.25, 0.3) is 0 Å². The van der Waals surface area contributed by atoms with Gasteiger partial charge in [-0.05, 0) is 27.7 Å². The summed E-state index contributed by atoms with van der Waals surface area (Å²) in [5.74, 6) is 0.812. The Balaban J connectivity index is 2.67. The fraction of sp³-hybridized carbons (Fsp3) is 0.727. The first-order chi connectivity index (χ1) is 7.29. The van der Waals surface area contributed by atoms with Crippen LogP contribution in [-0.2, 0) is 11.2 Å². The maximum Gasteiger partial charge on any atom is 0.142 e. The van der Waals surface area contributed by atoms with Crippen molar-refractivity contribution >= 4 is 5.78 Å². The van der Waals surface area contributed by atoms with Crippen molar-refractivity contribution in [3.8, 4) is 0 Å². The van der Waals surface area contributed by atoms with Crippen LogP contribution in [0.4, 0.5) is 0 Å². The molecule has 0 fully saturated rings. The molecule has 0 aliphatic rings. The van der Waals surface area contributed by atoms with E-state index in [1.54, 1.807) is 4.68 Å². The standard InChI is InChI=1S/C11H20N4O/c1-8(2)15-10(13-7-14-15)5-9(16)6-11(3,4)12/h7-8H,5-6,12H2,1-4H3. The summed E-state index contributed by atoms with van der Waals surface area (Å²) in [5.41, 5.74) is 5.34. The topological polar surface area (TPSA) is 73.8 Å². The highest BCUT2D eigenvalue weighted by Gasteiger charge is 2.19. The van der Waals surface area contributed by atoms with Gasteiger partial charge in [0.1, 0.15) is 17.9 Å². The molecule has 0 radical (unpaired) electrons. The highest BCUT2D eigenvalue weighted by molar-refractivity contribution is 5.81. The molecule has 0 aliphatic carbocycles. The normalized spacial score (nSPS) is 12.1. The van der Waals surface area contributed by atoms with Crippen LogP contribution in [0, 0.1) is 0 Å². The molecule has 0 aromatic carbocycles. The molecule has 0 saturated carbocycles. The second-order valence-electron chi connectivity index (χ2n) is 5.10. The van der Waals surface area contributed by atoms with E-state index in [4.69, 9.17) is 5.73 Å². The molecular formula is C11H20N4O. The van der Waals surface area contributed by atoms with Crippen molar-refractivity contribution in [1.82, 2.24) is 14.8 Å². The first kappa shape index (κ1) is 12.8. The van der Waals surface area contributed by atoms with Crippen LogP contribution in [0.5, 0.6) is 0 Å². The van der Waals surface area contributed by atoms with Crippen LogP contribution in [-0.4, -0.2) is 26.1 Å². The second-order valence-corrected chi connectivity index (χ2v) is 5.10. The van der Waals surface area contributed by atoms with E-state index in [1.165, 1.54) is 6.33 Å². The van der Waals surface area contributed by atoms with Crippen LogP contribution >= 0.6 is 0 Å². The van der Waals surface area contributed by atoms with E-state index < -0.39 is 5.54 Å². The summed E-state index contributed by atoms with van der Waals surface area (Å²) in [5, 5.41) is 4.09. The molecule has 1 aromatic rings. The summed E-state index contributed by atoms with van der Waals surface area (Å²) in [4.78, 5) is 15.8. The summed E-state index contributed by atoms with van der Waals surface area (Å²) < 4.78 is 1.77. The van der Waals surface area contributed by atoms with E-state index in [9.17, 15) is 4.79 Å². The third kappa shape index (κ3) is 3.73. The molecule has 0 saturated heterocycles. The zero-order valence-corrected chi connectivity index (χ0v) is 10.4. The average Bonchev–Trinajstić information content (AvgIpc) is 2.47. The SMILES string of the molecule is CC(C)n1ncnc1CC(=O)CC(C)(C)N. The van der Waals surface area contributed by atoms with Gasteiger partial charge in [0.2, 0.25) is 0 Å². The van der Waals surface area contributed by atoms with Gasteiger partial charge in [-0.15, -0.1) is 0 Å². The lowest BCUT2D eigenvalue weighted by Gasteiger charge is -2.17. The minimum absolute atomic E-state index is 0.0994. The third-order valence-electron chi connectivity index (χ3n) is 2.14. The van der Waals surface area contributed by atoms with Gasteiger partial charge in [-0.2, -0.15) is 5.10 Å². The summed E-state index contributed by atoms with van der Waals surface area (Å²) >= 11 is 0. The Morgan fingerprint density at radius 1 is 1.56 bits per heavy atom. The van der Waals surface area contributed by atoms with Crippen molar-refractivity contribution in [3.63, 3.8) is 0 Å². The Morgan fingerprint density at radius 3 is 2.69 bits per heavy atom. The predicted octanol–water partition coefficient (Wildman–Crippen LogP) is 1.10. The Hall–Kier alpha value is -1.23. The van der Waals surface area contributed by atoms with Crippen LogP contribution in [0.1, 0.15) is 46.0 Å². The molecule has 5 heteroatoms. The molecule has 0 amide bonds. The lowest BCUT2D eigenvalue weighted by molar-refractivity contribution is -0.119. The van der Waals surface area contributed by atoms with E-state index in [0.717, 1.165) is 0 Å². The van der Waals surface area contributed by atoms with Gasteiger partial charge in [-0.25, -0.2) is 9.67 Å². The number of hydrogen-bond donors (Lipinski definition) is 1. The highest BCUT2D eigenvalue weighted by atomic mass is 16.1. The Morgan fingerprint density at radius 2 is 2.19 bits per heavy atom. The molecule has 1 rings (SSSR count). The smallest absolute Gasteiger partial charge is 0.142 e. The molecule has 0 spiro atoms. The Kier molecular flexibility index (Phi) is 3.80. The van der Waals surface area contributed by atoms with E-state index in [0.29, 0.717) is 18.7 Å². The van der Waals surface area contributed by atoms with E-state index in [-0.39, 0.29) is 11.8 Å². The minimum atomic E-state index is -0.459. The molecule has 0 aliphatic heterocycles. The summed E-state index contributed by atoms with van der Waals surface area (Å²) in [6.45, 7) is 7.71. The first-order valence-electron chi connectivity index (χ1n) is 5.48. The number of rotatable bonds is 5. The van der Waals surface area contributed by atoms with Crippen LogP contribution in [0.15, 0.2) is 6.33 Å². The van der Waals surface area contributed by atoms with Gasteiger partial charge in [-0.1, -0.05) is 0 Å². The third-order valence-corrected chi connectivity index (χ3v) is 2.14. The molecule has 90 valence electrons. The quantitative estimate of drug-likeness (QED) is 0.812. The largest absolute Gasteiger partial charge is 0.325 e. The predicted molar refractivity (Wildman–Crippen MR) is 62.0 cm³/mol. The zero-order valence-electron chi connectivity index (χ0n) is 10.4. The number of aromatic nitrogens is 3.